The summed E-state index contributed by atoms with van der Waals surface area (Å²) in [6, 6.07) is 4.02. The van der Waals surface area contributed by atoms with Crippen LogP contribution in [0.25, 0.3) is 0 Å². The standard InChI is InChI=1S/C11H14N2O.2ClH/c1-7-2-3-9-10(13-7)8(6-12)11(14-9)4-5-11;;/h2-3,8H,4-6,12H2,1H3;2*1H/t8-;;/m0../s1. The first-order chi connectivity index (χ1) is 6.75. The maximum Gasteiger partial charge on any atom is 0.142 e. The molecule has 3 rings (SSSR count). The van der Waals surface area contributed by atoms with E-state index in [-0.39, 0.29) is 30.4 Å². The van der Waals surface area contributed by atoms with Crippen LogP contribution < -0.4 is 10.5 Å². The molecule has 5 heteroatoms. The molecule has 1 atom stereocenters. The van der Waals surface area contributed by atoms with Gasteiger partial charge in [0, 0.05) is 12.2 Å². The first-order valence-corrected chi connectivity index (χ1v) is 5.12. The van der Waals surface area contributed by atoms with Gasteiger partial charge in [-0.1, -0.05) is 0 Å². The summed E-state index contributed by atoms with van der Waals surface area (Å²) in [5, 5.41) is 0. The van der Waals surface area contributed by atoms with Gasteiger partial charge >= 0.3 is 0 Å². The van der Waals surface area contributed by atoms with E-state index in [2.05, 4.69) is 4.98 Å². The van der Waals surface area contributed by atoms with Crippen molar-refractivity contribution in [2.45, 2.75) is 31.3 Å². The number of nitrogens with zero attached hydrogens (tertiary/aromatic N) is 1. The fraction of sp³-hybridized carbons (Fsp3) is 0.545. The summed E-state index contributed by atoms with van der Waals surface area (Å²) in [7, 11) is 0. The molecule has 1 spiro atoms. The van der Waals surface area contributed by atoms with Gasteiger partial charge in [-0.05, 0) is 31.9 Å². The highest BCUT2D eigenvalue weighted by Gasteiger charge is 2.57. The van der Waals surface area contributed by atoms with Crippen molar-refractivity contribution in [1.82, 2.24) is 4.98 Å². The van der Waals surface area contributed by atoms with E-state index in [9.17, 15) is 0 Å². The van der Waals surface area contributed by atoms with Crippen molar-refractivity contribution in [3.05, 3.63) is 23.5 Å². The molecule has 0 unspecified atom stereocenters. The molecule has 90 valence electrons. The largest absolute Gasteiger partial charge is 0.485 e. The van der Waals surface area contributed by atoms with Crippen molar-refractivity contribution in [2.24, 2.45) is 5.73 Å². The lowest BCUT2D eigenvalue weighted by molar-refractivity contribution is 0.184. The third kappa shape index (κ3) is 1.77. The van der Waals surface area contributed by atoms with Crippen LogP contribution in [0.5, 0.6) is 5.75 Å². The Kier molecular flexibility index (Phi) is 3.72. The van der Waals surface area contributed by atoms with E-state index in [1.165, 1.54) is 0 Å². The Hall–Kier alpha value is -0.510. The Morgan fingerprint density at radius 1 is 1.44 bits per heavy atom. The molecule has 0 aromatic carbocycles. The lowest BCUT2D eigenvalue weighted by Crippen LogP contribution is -2.27. The van der Waals surface area contributed by atoms with Crippen LogP contribution in [0.2, 0.25) is 0 Å². The monoisotopic (exact) mass is 262 g/mol. The van der Waals surface area contributed by atoms with E-state index in [4.69, 9.17) is 10.5 Å². The lowest BCUT2D eigenvalue weighted by Gasteiger charge is -2.14. The summed E-state index contributed by atoms with van der Waals surface area (Å²) < 4.78 is 5.92. The zero-order chi connectivity index (χ0) is 9.76. The molecule has 2 N–H and O–H groups in total. The zero-order valence-corrected chi connectivity index (χ0v) is 10.7. The smallest absolute Gasteiger partial charge is 0.142 e. The van der Waals surface area contributed by atoms with Crippen molar-refractivity contribution < 1.29 is 4.74 Å². The summed E-state index contributed by atoms with van der Waals surface area (Å²) >= 11 is 0. The van der Waals surface area contributed by atoms with Gasteiger partial charge in [0.2, 0.25) is 0 Å². The zero-order valence-electron chi connectivity index (χ0n) is 9.10. The number of hydrogen-bond acceptors (Lipinski definition) is 3. The SMILES string of the molecule is Cc1ccc2c(n1)[C@H](CN)C1(CC1)O2.Cl.Cl. The summed E-state index contributed by atoms with van der Waals surface area (Å²) in [5.41, 5.74) is 7.94. The van der Waals surface area contributed by atoms with Crippen LogP contribution in [0.3, 0.4) is 0 Å². The van der Waals surface area contributed by atoms with Crippen LogP contribution in [0.1, 0.15) is 30.1 Å². The summed E-state index contributed by atoms with van der Waals surface area (Å²) in [6.45, 7) is 2.65. The summed E-state index contributed by atoms with van der Waals surface area (Å²) in [4.78, 5) is 4.54. The van der Waals surface area contributed by atoms with Crippen molar-refractivity contribution in [3.63, 3.8) is 0 Å². The Bertz CT molecular complexity index is 394. The molecule has 0 radical (unpaired) electrons. The van der Waals surface area contributed by atoms with E-state index in [1.807, 2.05) is 19.1 Å². The minimum atomic E-state index is 0. The number of fused-ring (bicyclic) bond motifs is 1. The van der Waals surface area contributed by atoms with Crippen LogP contribution in [-0.4, -0.2) is 17.1 Å². The van der Waals surface area contributed by atoms with Crippen LogP contribution in [-0.2, 0) is 0 Å². The average Bonchev–Trinajstić information content (AvgIpc) is 2.83. The first-order valence-electron chi connectivity index (χ1n) is 5.12. The minimum Gasteiger partial charge on any atom is -0.485 e. The highest BCUT2D eigenvalue weighted by Crippen LogP contribution is 2.56. The number of pyridine rings is 1. The number of rotatable bonds is 1. The molecule has 1 aliphatic heterocycles. The quantitative estimate of drug-likeness (QED) is 0.845. The summed E-state index contributed by atoms with van der Waals surface area (Å²) in [5.74, 6) is 1.26. The van der Waals surface area contributed by atoms with Crippen LogP contribution >= 0.6 is 24.8 Å². The molecule has 3 nitrogen and oxygen atoms in total. The Morgan fingerprint density at radius 3 is 2.69 bits per heavy atom. The maximum absolute atomic E-state index is 5.92. The average molecular weight is 263 g/mol. The van der Waals surface area contributed by atoms with Gasteiger partial charge in [-0.25, -0.2) is 0 Å². The lowest BCUT2D eigenvalue weighted by atomic mass is 9.98. The molecule has 0 saturated heterocycles. The van der Waals surface area contributed by atoms with Crippen LogP contribution in [0.4, 0.5) is 0 Å². The van der Waals surface area contributed by atoms with E-state index in [1.54, 1.807) is 0 Å². The molecule has 2 heterocycles. The Morgan fingerprint density at radius 2 is 2.12 bits per heavy atom. The second kappa shape index (κ2) is 4.40. The predicted molar refractivity (Wildman–Crippen MR) is 67.9 cm³/mol. The van der Waals surface area contributed by atoms with Gasteiger partial charge in [-0.3, -0.25) is 4.98 Å². The van der Waals surface area contributed by atoms with Crippen LogP contribution in [0, 0.1) is 6.92 Å². The Labute approximate surface area is 108 Å². The topological polar surface area (TPSA) is 48.1 Å². The summed E-state index contributed by atoms with van der Waals surface area (Å²) in [6.07, 6.45) is 2.26. The number of nitrogens with two attached hydrogens (primary N) is 1. The van der Waals surface area contributed by atoms with Crippen LogP contribution in [0.15, 0.2) is 12.1 Å². The molecule has 0 amide bonds. The molecular formula is C11H16Cl2N2O. The molecule has 1 aromatic heterocycles. The third-order valence-electron chi connectivity index (χ3n) is 3.28. The number of halogens is 2. The second-order valence-electron chi connectivity index (χ2n) is 4.29. The van der Waals surface area contributed by atoms with Gasteiger partial charge in [-0.15, -0.1) is 24.8 Å². The maximum atomic E-state index is 5.92. The number of hydrogen-bond donors (Lipinski definition) is 1. The van der Waals surface area contributed by atoms with E-state index >= 15 is 0 Å². The third-order valence-corrected chi connectivity index (χ3v) is 3.28. The van der Waals surface area contributed by atoms with Crippen molar-refractivity contribution >= 4 is 24.8 Å². The predicted octanol–water partition coefficient (Wildman–Crippen LogP) is 2.20. The van der Waals surface area contributed by atoms with E-state index < -0.39 is 0 Å². The highest BCUT2D eigenvalue weighted by atomic mass is 35.5. The fourth-order valence-corrected chi connectivity index (χ4v) is 2.34. The normalized spacial score (nSPS) is 22.8. The second-order valence-corrected chi connectivity index (χ2v) is 4.29. The Balaban J connectivity index is 0.000000640. The van der Waals surface area contributed by atoms with Gasteiger partial charge in [0.1, 0.15) is 11.4 Å². The molecule has 1 aliphatic carbocycles. The molecule has 2 aliphatic rings. The van der Waals surface area contributed by atoms with Gasteiger partial charge < -0.3 is 10.5 Å². The van der Waals surface area contributed by atoms with Gasteiger partial charge in [0.15, 0.2) is 0 Å². The first kappa shape index (κ1) is 13.6. The fourth-order valence-electron chi connectivity index (χ4n) is 2.34. The van der Waals surface area contributed by atoms with Crippen molar-refractivity contribution in [2.75, 3.05) is 6.54 Å². The molecule has 0 bridgehead atoms. The molecule has 1 aromatic rings. The van der Waals surface area contributed by atoms with E-state index in [0.29, 0.717) is 12.5 Å². The number of aryl methyl sites for hydroxylation is 1. The minimum absolute atomic E-state index is 0. The number of ether oxygens (including phenoxy) is 1. The van der Waals surface area contributed by atoms with Gasteiger partial charge in [-0.2, -0.15) is 0 Å². The van der Waals surface area contributed by atoms with E-state index in [0.717, 1.165) is 30.0 Å². The molecule has 16 heavy (non-hydrogen) atoms. The molecule has 1 fully saturated rings. The van der Waals surface area contributed by atoms with Gasteiger partial charge in [0.25, 0.3) is 0 Å². The van der Waals surface area contributed by atoms with Crippen molar-refractivity contribution in [1.29, 1.82) is 0 Å². The number of aromatic nitrogens is 1. The molecular weight excluding hydrogens is 247 g/mol. The molecule has 1 saturated carbocycles. The van der Waals surface area contributed by atoms with Crippen molar-refractivity contribution in [3.8, 4) is 5.75 Å². The van der Waals surface area contributed by atoms with Gasteiger partial charge in [0.05, 0.1) is 11.6 Å². The highest BCUT2D eigenvalue weighted by molar-refractivity contribution is 5.85.